The van der Waals surface area contributed by atoms with Crippen molar-refractivity contribution >= 4 is 34.1 Å². The van der Waals surface area contributed by atoms with Crippen molar-refractivity contribution < 1.29 is 14.4 Å². The van der Waals surface area contributed by atoms with Gasteiger partial charge in [-0.15, -0.1) is 0 Å². The Bertz CT molecular complexity index is 1020. The Morgan fingerprint density at radius 3 is 2.70 bits per heavy atom. The molecule has 1 N–H and O–H groups in total. The maximum atomic E-state index is 12.9. The summed E-state index contributed by atoms with van der Waals surface area (Å²) in [4.78, 5) is 18.7. The number of hydrogen-bond acceptors (Lipinski definition) is 3. The van der Waals surface area contributed by atoms with E-state index in [1.54, 1.807) is 24.3 Å². The van der Waals surface area contributed by atoms with Gasteiger partial charge in [-0.2, -0.15) is 5.06 Å². The number of fused-ring (bicyclic) bond motifs is 5. The van der Waals surface area contributed by atoms with E-state index in [-0.39, 0.29) is 18.0 Å². The highest BCUT2D eigenvalue weighted by atomic mass is 35.5. The van der Waals surface area contributed by atoms with Crippen molar-refractivity contribution in [2.45, 2.75) is 6.04 Å². The van der Waals surface area contributed by atoms with Crippen molar-refractivity contribution in [1.82, 2.24) is 5.06 Å². The van der Waals surface area contributed by atoms with Crippen LogP contribution in [0, 0.1) is 5.92 Å². The van der Waals surface area contributed by atoms with E-state index < -0.39 is 0 Å². The van der Waals surface area contributed by atoms with Gasteiger partial charge in [0, 0.05) is 22.2 Å². The van der Waals surface area contributed by atoms with Gasteiger partial charge in [0.25, 0.3) is 0 Å². The molecule has 0 aromatic heterocycles. The Labute approximate surface area is 161 Å². The molecule has 5 nitrogen and oxygen atoms in total. The minimum absolute atomic E-state index is 0.0965. The number of carbonyl (C=O) groups is 1. The number of hydrogen-bond donors (Lipinski definition) is 1. The van der Waals surface area contributed by atoms with Crippen LogP contribution in [0.15, 0.2) is 60.7 Å². The highest BCUT2D eigenvalue weighted by molar-refractivity contribution is 6.30. The summed E-state index contributed by atoms with van der Waals surface area (Å²) in [5.41, 5.74) is 1.68. The lowest BCUT2D eigenvalue weighted by Gasteiger charge is -2.32. The lowest BCUT2D eigenvalue weighted by molar-refractivity contribution is -0.0830. The van der Waals surface area contributed by atoms with Gasteiger partial charge < -0.3 is 10.1 Å². The molecule has 2 unspecified atom stereocenters. The Kier molecular flexibility index (Phi) is 3.92. The third kappa shape index (κ3) is 2.80. The van der Waals surface area contributed by atoms with E-state index >= 15 is 0 Å². The Balaban J connectivity index is 1.52. The molecule has 0 spiro atoms. The number of nitrogens with zero attached hydrogens (tertiary/aromatic N) is 1. The smallest absolute Gasteiger partial charge is 0.346 e. The first-order valence-electron chi connectivity index (χ1n) is 8.84. The number of rotatable bonds is 1. The molecular weight excluding hydrogens is 364 g/mol. The van der Waals surface area contributed by atoms with Crippen LogP contribution < -0.4 is 10.1 Å². The first-order chi connectivity index (χ1) is 13.2. The predicted octanol–water partition coefficient (Wildman–Crippen LogP) is 5.02. The van der Waals surface area contributed by atoms with Gasteiger partial charge in [0.05, 0.1) is 19.3 Å². The van der Waals surface area contributed by atoms with Crippen LogP contribution in [0.5, 0.6) is 5.75 Å². The molecule has 136 valence electrons. The van der Waals surface area contributed by atoms with E-state index in [1.807, 2.05) is 24.3 Å². The maximum Gasteiger partial charge on any atom is 0.346 e. The molecule has 0 aliphatic carbocycles. The molecule has 5 rings (SSSR count). The molecule has 0 saturated carbocycles. The van der Waals surface area contributed by atoms with Crippen LogP contribution in [0.2, 0.25) is 5.02 Å². The molecule has 6 heteroatoms. The number of amides is 2. The number of anilines is 1. The summed E-state index contributed by atoms with van der Waals surface area (Å²) in [6.45, 7) is 0.974. The van der Waals surface area contributed by atoms with Crippen molar-refractivity contribution in [3.8, 4) is 5.75 Å². The molecule has 2 aliphatic heterocycles. The molecule has 2 aliphatic rings. The third-order valence-corrected chi connectivity index (χ3v) is 5.35. The van der Waals surface area contributed by atoms with Gasteiger partial charge in [-0.05, 0) is 41.1 Å². The lowest BCUT2D eigenvalue weighted by Crippen LogP contribution is -2.37. The predicted molar refractivity (Wildman–Crippen MR) is 104 cm³/mol. The maximum absolute atomic E-state index is 12.9. The Hall–Kier alpha value is -2.76. The van der Waals surface area contributed by atoms with E-state index in [1.165, 1.54) is 5.06 Å². The van der Waals surface area contributed by atoms with Crippen LogP contribution in [0.25, 0.3) is 10.8 Å². The first kappa shape index (κ1) is 16.4. The zero-order valence-corrected chi connectivity index (χ0v) is 15.1. The standard InChI is InChI=1S/C21H17ClN2O3/c22-15-6-8-16(9-7-15)23-21(25)24-20-14(12-27-24)11-26-18-10-5-13-3-1-2-4-17(13)19(18)20/h1-10,14,20H,11-12H2,(H,23,25). The van der Waals surface area contributed by atoms with Gasteiger partial charge in [-0.3, -0.25) is 4.84 Å². The second-order valence-corrected chi connectivity index (χ2v) is 7.21. The number of hydroxylamine groups is 2. The zero-order chi connectivity index (χ0) is 18.4. The number of nitrogens with one attached hydrogen (secondary N) is 1. The van der Waals surface area contributed by atoms with Gasteiger partial charge in [0.15, 0.2) is 0 Å². The molecule has 1 fully saturated rings. The minimum atomic E-state index is -0.300. The Morgan fingerprint density at radius 2 is 1.85 bits per heavy atom. The van der Waals surface area contributed by atoms with Gasteiger partial charge in [-0.1, -0.05) is 41.9 Å². The summed E-state index contributed by atoms with van der Waals surface area (Å²) in [6.07, 6.45) is 0. The number of urea groups is 1. The SMILES string of the molecule is O=C(Nc1ccc(Cl)cc1)N1OCC2COc3ccc4ccccc4c3C21. The van der Waals surface area contributed by atoms with Gasteiger partial charge in [-0.25, -0.2) is 4.79 Å². The summed E-state index contributed by atoms with van der Waals surface area (Å²) < 4.78 is 5.95. The van der Waals surface area contributed by atoms with Crippen molar-refractivity contribution in [1.29, 1.82) is 0 Å². The fourth-order valence-electron chi connectivity index (χ4n) is 3.83. The average molecular weight is 381 g/mol. The van der Waals surface area contributed by atoms with Gasteiger partial charge >= 0.3 is 6.03 Å². The van der Waals surface area contributed by atoms with E-state index in [0.717, 1.165) is 22.1 Å². The van der Waals surface area contributed by atoms with E-state index in [0.29, 0.717) is 23.9 Å². The monoisotopic (exact) mass is 380 g/mol. The first-order valence-corrected chi connectivity index (χ1v) is 9.21. The normalized spacial score (nSPS) is 20.7. The van der Waals surface area contributed by atoms with Crippen LogP contribution in [0.1, 0.15) is 11.6 Å². The molecule has 27 heavy (non-hydrogen) atoms. The summed E-state index contributed by atoms with van der Waals surface area (Å²) >= 11 is 5.92. The molecule has 3 aromatic carbocycles. The second kappa shape index (κ2) is 6.44. The molecule has 1 saturated heterocycles. The van der Waals surface area contributed by atoms with Crippen LogP contribution in [-0.4, -0.2) is 24.3 Å². The molecule has 0 radical (unpaired) electrons. The molecule has 2 atom stereocenters. The van der Waals surface area contributed by atoms with Crippen molar-refractivity contribution in [2.75, 3.05) is 18.5 Å². The van der Waals surface area contributed by atoms with Crippen molar-refractivity contribution in [3.05, 3.63) is 71.2 Å². The Morgan fingerprint density at radius 1 is 1.04 bits per heavy atom. The summed E-state index contributed by atoms with van der Waals surface area (Å²) in [5.74, 6) is 0.906. The average Bonchev–Trinajstić information content (AvgIpc) is 3.14. The fourth-order valence-corrected chi connectivity index (χ4v) is 3.96. The summed E-state index contributed by atoms with van der Waals surface area (Å²) in [5, 5.41) is 7.16. The minimum Gasteiger partial charge on any atom is -0.493 e. The fraction of sp³-hybridized carbons (Fsp3) is 0.190. The molecule has 2 heterocycles. The van der Waals surface area contributed by atoms with Gasteiger partial charge in [0.2, 0.25) is 0 Å². The largest absolute Gasteiger partial charge is 0.493 e. The molecule has 3 aromatic rings. The summed E-state index contributed by atoms with van der Waals surface area (Å²) in [7, 11) is 0. The van der Waals surface area contributed by atoms with Crippen molar-refractivity contribution in [3.63, 3.8) is 0 Å². The zero-order valence-electron chi connectivity index (χ0n) is 14.4. The highest BCUT2D eigenvalue weighted by Crippen LogP contribution is 2.46. The number of carbonyl (C=O) groups excluding carboxylic acids is 1. The quantitative estimate of drug-likeness (QED) is 0.644. The topological polar surface area (TPSA) is 50.8 Å². The third-order valence-electron chi connectivity index (χ3n) is 5.10. The molecule has 2 amide bonds. The molecular formula is C21H17ClN2O3. The number of ether oxygens (including phenoxy) is 1. The van der Waals surface area contributed by atoms with E-state index in [9.17, 15) is 4.79 Å². The second-order valence-electron chi connectivity index (χ2n) is 6.77. The number of benzene rings is 3. The van der Waals surface area contributed by atoms with Crippen LogP contribution in [0.3, 0.4) is 0 Å². The number of halogens is 1. The highest BCUT2D eigenvalue weighted by Gasteiger charge is 2.45. The van der Waals surface area contributed by atoms with E-state index in [4.69, 9.17) is 21.2 Å². The van der Waals surface area contributed by atoms with Crippen LogP contribution in [-0.2, 0) is 4.84 Å². The van der Waals surface area contributed by atoms with Gasteiger partial charge in [0.1, 0.15) is 5.75 Å². The van der Waals surface area contributed by atoms with Crippen molar-refractivity contribution in [2.24, 2.45) is 5.92 Å². The summed E-state index contributed by atoms with van der Waals surface area (Å²) in [6, 6.07) is 18.7. The lowest BCUT2D eigenvalue weighted by atomic mass is 9.88. The van der Waals surface area contributed by atoms with Crippen LogP contribution >= 0.6 is 11.6 Å². The molecule has 0 bridgehead atoms. The van der Waals surface area contributed by atoms with Crippen LogP contribution in [0.4, 0.5) is 10.5 Å². The van der Waals surface area contributed by atoms with E-state index in [2.05, 4.69) is 17.4 Å².